The largest absolute Gasteiger partial charge is 0.490 e. The highest BCUT2D eigenvalue weighted by molar-refractivity contribution is 5.89. The van der Waals surface area contributed by atoms with Crippen LogP contribution in [-0.2, 0) is 11.0 Å². The summed E-state index contributed by atoms with van der Waals surface area (Å²) >= 11 is 0. The quantitative estimate of drug-likeness (QED) is 0.408. The molecule has 0 amide bonds. The lowest BCUT2D eigenvalue weighted by molar-refractivity contribution is -0.148. The van der Waals surface area contributed by atoms with Crippen LogP contribution in [0.4, 0.5) is 13.2 Å². The van der Waals surface area contributed by atoms with E-state index in [0.717, 1.165) is 50.5 Å². The van der Waals surface area contributed by atoms with Crippen LogP contribution in [0.1, 0.15) is 95.2 Å². The molecule has 196 valence electrons. The third-order valence-corrected chi connectivity index (χ3v) is 9.27. The van der Waals surface area contributed by atoms with E-state index >= 15 is 0 Å². The Bertz CT molecular complexity index is 1130. The molecular weight excluding hydrogens is 467 g/mol. The monoisotopic (exact) mass is 503 g/mol. The Morgan fingerprint density at radius 3 is 2.36 bits per heavy atom. The van der Waals surface area contributed by atoms with Gasteiger partial charge >= 0.3 is 12.1 Å². The Morgan fingerprint density at radius 2 is 1.78 bits per heavy atom. The van der Waals surface area contributed by atoms with Crippen molar-refractivity contribution in [3.05, 3.63) is 41.5 Å². The predicted molar refractivity (Wildman–Crippen MR) is 133 cm³/mol. The number of ether oxygens (including phenoxy) is 1. The molecule has 0 radical (unpaired) electrons. The molecule has 3 fully saturated rings. The summed E-state index contributed by atoms with van der Waals surface area (Å²) in [5.74, 6) is -0.170. The van der Waals surface area contributed by atoms with Gasteiger partial charge in [-0.05, 0) is 99.1 Å². The number of hydrogen-bond donors (Lipinski definition) is 2. The minimum Gasteiger partial charge on any atom is -0.490 e. The first-order valence-electron chi connectivity index (χ1n) is 13.4. The minimum atomic E-state index is -4.54. The van der Waals surface area contributed by atoms with E-state index in [1.165, 1.54) is 6.07 Å². The molecule has 0 aromatic heterocycles. The van der Waals surface area contributed by atoms with Gasteiger partial charge in [0.25, 0.3) is 0 Å². The summed E-state index contributed by atoms with van der Waals surface area (Å²) in [7, 11) is 0. The topological polar surface area (TPSA) is 58.6 Å². The molecule has 36 heavy (non-hydrogen) atoms. The summed E-state index contributed by atoms with van der Waals surface area (Å²) in [5, 5.41) is 14.0. The zero-order chi connectivity index (χ0) is 25.7. The van der Waals surface area contributed by atoms with Crippen molar-refractivity contribution in [2.45, 2.75) is 102 Å². The fraction of sp³-hybridized carbons (Fsp3) is 0.621. The average molecular weight is 504 g/mol. The summed E-state index contributed by atoms with van der Waals surface area (Å²) in [6, 6.07) is 8.25. The van der Waals surface area contributed by atoms with Crippen LogP contribution >= 0.6 is 0 Å². The third-order valence-electron chi connectivity index (χ3n) is 9.27. The molecule has 5 rings (SSSR count). The number of halogens is 3. The lowest BCUT2D eigenvalue weighted by Crippen LogP contribution is -2.42. The molecule has 2 aromatic carbocycles. The van der Waals surface area contributed by atoms with Crippen LogP contribution in [0.15, 0.2) is 30.3 Å². The summed E-state index contributed by atoms with van der Waals surface area (Å²) in [6.45, 7) is 4.11. The molecule has 7 heteroatoms. The molecule has 0 saturated heterocycles. The Morgan fingerprint density at radius 1 is 1.11 bits per heavy atom. The number of benzene rings is 2. The fourth-order valence-corrected chi connectivity index (χ4v) is 7.05. The first kappa shape index (κ1) is 25.4. The summed E-state index contributed by atoms with van der Waals surface area (Å²) in [5.41, 5.74) is -0.844. The van der Waals surface area contributed by atoms with Crippen molar-refractivity contribution in [2.24, 2.45) is 11.3 Å². The van der Waals surface area contributed by atoms with Gasteiger partial charge in [-0.3, -0.25) is 4.79 Å². The number of alkyl halides is 3. The van der Waals surface area contributed by atoms with Crippen molar-refractivity contribution in [3.8, 4) is 5.75 Å². The van der Waals surface area contributed by atoms with Crippen LogP contribution in [0.25, 0.3) is 10.8 Å². The molecule has 2 N–H and O–H groups in total. The van der Waals surface area contributed by atoms with E-state index in [1.54, 1.807) is 18.2 Å². The molecule has 3 aliphatic rings. The van der Waals surface area contributed by atoms with Crippen molar-refractivity contribution in [3.63, 3.8) is 0 Å². The maximum absolute atomic E-state index is 14.4. The van der Waals surface area contributed by atoms with Crippen molar-refractivity contribution in [1.82, 2.24) is 5.32 Å². The number of carbonyl (C=O) groups is 1. The van der Waals surface area contributed by atoms with Gasteiger partial charge in [-0.15, -0.1) is 0 Å². The highest BCUT2D eigenvalue weighted by Crippen LogP contribution is 2.57. The minimum absolute atomic E-state index is 0.0795. The molecule has 1 atom stereocenters. The molecule has 2 bridgehead atoms. The van der Waals surface area contributed by atoms with Crippen LogP contribution in [0.3, 0.4) is 0 Å². The molecule has 3 saturated carbocycles. The number of carboxylic acid groups (broad SMARTS) is 1. The number of aliphatic carboxylic acids is 1. The highest BCUT2D eigenvalue weighted by atomic mass is 19.4. The average Bonchev–Trinajstić information content (AvgIpc) is 3.40. The Labute approximate surface area is 210 Å². The number of rotatable bonds is 7. The van der Waals surface area contributed by atoms with E-state index in [9.17, 15) is 23.1 Å². The van der Waals surface area contributed by atoms with Crippen molar-refractivity contribution < 1.29 is 27.8 Å². The Kier molecular flexibility index (Phi) is 6.51. The Hall–Kier alpha value is -2.28. The summed E-state index contributed by atoms with van der Waals surface area (Å²) < 4.78 is 49.2. The Balaban J connectivity index is 1.42. The lowest BCUT2D eigenvalue weighted by atomic mass is 9.84. The van der Waals surface area contributed by atoms with Crippen LogP contribution < -0.4 is 10.1 Å². The maximum atomic E-state index is 14.4. The second-order valence-corrected chi connectivity index (χ2v) is 11.5. The first-order chi connectivity index (χ1) is 17.0. The maximum Gasteiger partial charge on any atom is 0.420 e. The van der Waals surface area contributed by atoms with Gasteiger partial charge in [-0.25, -0.2) is 0 Å². The van der Waals surface area contributed by atoms with Crippen LogP contribution in [0.2, 0.25) is 0 Å². The fourth-order valence-electron chi connectivity index (χ4n) is 7.05. The van der Waals surface area contributed by atoms with Gasteiger partial charge < -0.3 is 15.2 Å². The molecule has 0 heterocycles. The second kappa shape index (κ2) is 9.23. The summed E-state index contributed by atoms with van der Waals surface area (Å²) in [4.78, 5) is 11.8. The SMILES string of the molecule is CC[C@H]1CC[C@@H](Oc2ccc3ccc(C(C)NC45CCC(C(=O)O)(CC4)C5)cc3c2C(F)(F)F)CC1. The smallest absolute Gasteiger partial charge is 0.420 e. The van der Waals surface area contributed by atoms with Gasteiger partial charge in [0.2, 0.25) is 0 Å². The van der Waals surface area contributed by atoms with Crippen molar-refractivity contribution >= 4 is 16.7 Å². The third kappa shape index (κ3) is 4.59. The standard InChI is InChI=1S/C29H36F3NO3/c1-3-19-4-9-22(10-5-19)36-24-11-8-20-6-7-21(16-23(20)25(24)29(30,31)32)18(2)33-28-14-12-27(17-28,13-15-28)26(34)35/h6-8,11,16,18-19,22,33H,3-5,9-10,12-15,17H2,1-2H3,(H,34,35)/t18?,19-,22+,27?,28?. The van der Waals surface area contributed by atoms with Gasteiger partial charge in [-0.1, -0.05) is 31.5 Å². The van der Waals surface area contributed by atoms with Crippen molar-refractivity contribution in [1.29, 1.82) is 0 Å². The van der Waals surface area contributed by atoms with Gasteiger partial charge in [0.05, 0.1) is 11.5 Å². The number of fused-ring (bicyclic) bond motifs is 3. The number of hydrogen-bond acceptors (Lipinski definition) is 3. The van der Waals surface area contributed by atoms with Gasteiger partial charge in [0.15, 0.2) is 0 Å². The predicted octanol–water partition coefficient (Wildman–Crippen LogP) is 7.64. The van der Waals surface area contributed by atoms with Gasteiger partial charge in [0.1, 0.15) is 11.3 Å². The van der Waals surface area contributed by atoms with Gasteiger partial charge in [-0.2, -0.15) is 13.2 Å². The molecule has 1 unspecified atom stereocenters. The zero-order valence-electron chi connectivity index (χ0n) is 21.1. The summed E-state index contributed by atoms with van der Waals surface area (Å²) in [6.07, 6.45) is 3.38. The van der Waals surface area contributed by atoms with Crippen LogP contribution in [-0.4, -0.2) is 22.7 Å². The highest BCUT2D eigenvalue weighted by Gasteiger charge is 2.58. The lowest BCUT2D eigenvalue weighted by Gasteiger charge is -2.32. The molecule has 4 nitrogen and oxygen atoms in total. The van der Waals surface area contributed by atoms with E-state index in [4.69, 9.17) is 4.74 Å². The normalized spacial score (nSPS) is 31.0. The molecule has 0 spiro atoms. The number of nitrogens with one attached hydrogen (secondary N) is 1. The first-order valence-corrected chi connectivity index (χ1v) is 13.4. The molecule has 3 aliphatic carbocycles. The molecule has 2 aromatic rings. The molecular formula is C29H36F3NO3. The van der Waals surface area contributed by atoms with Crippen LogP contribution in [0.5, 0.6) is 5.75 Å². The van der Waals surface area contributed by atoms with E-state index in [1.807, 2.05) is 13.0 Å². The van der Waals surface area contributed by atoms with Crippen molar-refractivity contribution in [2.75, 3.05) is 0 Å². The van der Waals surface area contributed by atoms with E-state index < -0.39 is 23.1 Å². The zero-order valence-corrected chi connectivity index (χ0v) is 21.1. The van der Waals surface area contributed by atoms with Gasteiger partial charge in [0, 0.05) is 11.6 Å². The van der Waals surface area contributed by atoms with E-state index in [2.05, 4.69) is 12.2 Å². The van der Waals surface area contributed by atoms with E-state index in [0.29, 0.717) is 30.6 Å². The van der Waals surface area contributed by atoms with E-state index in [-0.39, 0.29) is 28.8 Å². The number of carboxylic acids is 1. The van der Waals surface area contributed by atoms with Crippen LogP contribution in [0, 0.1) is 11.3 Å². The molecule has 0 aliphatic heterocycles. The second-order valence-electron chi connectivity index (χ2n) is 11.5.